The van der Waals surface area contributed by atoms with Crippen LogP contribution in [0.25, 0.3) is 22.6 Å². The minimum absolute atomic E-state index is 0.0611. The maximum absolute atomic E-state index is 14.3. The number of carbonyl (C=O) groups excluding carboxylic acids is 1. The van der Waals surface area contributed by atoms with Gasteiger partial charge in [0.05, 0.1) is 29.8 Å². The molecule has 0 bridgehead atoms. The van der Waals surface area contributed by atoms with E-state index in [1.165, 1.54) is 0 Å². The van der Waals surface area contributed by atoms with Crippen molar-refractivity contribution in [3.05, 3.63) is 133 Å². The lowest BCUT2D eigenvalue weighted by atomic mass is 10.0. The van der Waals surface area contributed by atoms with Crippen molar-refractivity contribution in [3.8, 4) is 16.9 Å². The number of rotatable bonds is 5. The molecule has 6 aromatic rings. The van der Waals surface area contributed by atoms with E-state index in [1.807, 2.05) is 90.1 Å². The van der Waals surface area contributed by atoms with Crippen molar-refractivity contribution in [2.24, 2.45) is 0 Å². The third kappa shape index (κ3) is 4.77. The smallest absolute Gasteiger partial charge is 0.261 e. The van der Waals surface area contributed by atoms with Crippen LogP contribution < -0.4 is 5.56 Å². The van der Waals surface area contributed by atoms with E-state index in [-0.39, 0.29) is 11.5 Å². The highest BCUT2D eigenvalue weighted by atomic mass is 79.9. The zero-order valence-electron chi connectivity index (χ0n) is 23.7. The van der Waals surface area contributed by atoms with Crippen LogP contribution in [-0.2, 0) is 19.4 Å². The summed E-state index contributed by atoms with van der Waals surface area (Å²) < 4.78 is 4.58. The number of hydrogen-bond acceptors (Lipinski definition) is 5. The fraction of sp³-hybridized carbons (Fsp3) is 0.182. The minimum Gasteiger partial charge on any atom is -0.332 e. The molecule has 1 amide bonds. The molecule has 0 aliphatic carbocycles. The van der Waals surface area contributed by atoms with Crippen LogP contribution in [0.5, 0.6) is 0 Å². The average Bonchev–Trinajstić information content (AvgIpc) is 3.65. The van der Waals surface area contributed by atoms with Gasteiger partial charge in [-0.3, -0.25) is 14.2 Å². The Bertz CT molecular complexity index is 2060. The maximum atomic E-state index is 14.3. The van der Waals surface area contributed by atoms with Gasteiger partial charge in [0, 0.05) is 39.7 Å². The van der Waals surface area contributed by atoms with Crippen LogP contribution in [0.1, 0.15) is 44.0 Å². The molecule has 3 aromatic heterocycles. The van der Waals surface area contributed by atoms with Gasteiger partial charge in [0.15, 0.2) is 0 Å². The summed E-state index contributed by atoms with van der Waals surface area (Å²) in [7, 11) is 0. The van der Waals surface area contributed by atoms with E-state index in [1.54, 1.807) is 4.57 Å². The number of H-pyrrole nitrogens is 1. The summed E-state index contributed by atoms with van der Waals surface area (Å²) in [6, 6.07) is 23.5. The summed E-state index contributed by atoms with van der Waals surface area (Å²) in [5, 5.41) is 15.9. The molecular weight excluding hydrogens is 606 g/mol. The lowest BCUT2D eigenvalue weighted by Crippen LogP contribution is -2.41. The number of aromatic amines is 1. The maximum Gasteiger partial charge on any atom is 0.261 e. The van der Waals surface area contributed by atoms with Crippen molar-refractivity contribution in [1.82, 2.24) is 34.5 Å². The Morgan fingerprint density at radius 3 is 2.51 bits per heavy atom. The normalized spacial score (nSPS) is 13.0. The molecular formula is C33H28BrN7O2. The van der Waals surface area contributed by atoms with Crippen molar-refractivity contribution < 1.29 is 4.79 Å². The summed E-state index contributed by atoms with van der Waals surface area (Å²) in [5.41, 5.74) is 8.93. The van der Waals surface area contributed by atoms with Gasteiger partial charge in [-0.2, -0.15) is 20.5 Å². The van der Waals surface area contributed by atoms with E-state index in [0.717, 1.165) is 49.5 Å². The number of benzene rings is 3. The van der Waals surface area contributed by atoms with Crippen LogP contribution in [-0.4, -0.2) is 46.9 Å². The molecule has 43 heavy (non-hydrogen) atoms. The van der Waals surface area contributed by atoms with Crippen molar-refractivity contribution in [3.63, 3.8) is 0 Å². The number of fused-ring (bicyclic) bond motifs is 3. The molecule has 0 spiro atoms. The molecule has 10 heteroatoms. The number of nitrogens with one attached hydrogen (secondary N) is 1. The Hall–Kier alpha value is -4.83. The topological polar surface area (TPSA) is 101 Å². The molecule has 4 heterocycles. The van der Waals surface area contributed by atoms with E-state index in [4.69, 9.17) is 5.10 Å². The first kappa shape index (κ1) is 27.0. The summed E-state index contributed by atoms with van der Waals surface area (Å²) in [6.07, 6.45) is 2.89. The zero-order chi connectivity index (χ0) is 29.7. The summed E-state index contributed by atoms with van der Waals surface area (Å²) in [5.74, 6) is -0.0611. The number of halogens is 1. The van der Waals surface area contributed by atoms with Crippen LogP contribution in [0, 0.1) is 13.8 Å². The second-order valence-corrected chi connectivity index (χ2v) is 11.7. The van der Waals surface area contributed by atoms with Crippen LogP contribution in [0.2, 0.25) is 0 Å². The predicted octanol–water partition coefficient (Wildman–Crippen LogP) is 5.44. The van der Waals surface area contributed by atoms with Crippen molar-refractivity contribution in [2.75, 3.05) is 6.54 Å². The van der Waals surface area contributed by atoms with E-state index in [0.29, 0.717) is 42.7 Å². The van der Waals surface area contributed by atoms with Crippen molar-refractivity contribution in [2.45, 2.75) is 33.2 Å². The number of amides is 1. The SMILES string of the molecule is Cc1cc(C(=O)N2CCc3c(n4ncc(Cc5ccccc5)c4n(-c4ccc(-c5n[nH]nc5C)cc4)c3=O)C2)ccc1Br. The fourth-order valence-corrected chi connectivity index (χ4v) is 6.10. The van der Waals surface area contributed by atoms with Gasteiger partial charge < -0.3 is 4.90 Å². The lowest BCUT2D eigenvalue weighted by Gasteiger charge is -2.30. The summed E-state index contributed by atoms with van der Waals surface area (Å²) in [6.45, 7) is 4.62. The van der Waals surface area contributed by atoms with Crippen LogP contribution in [0.3, 0.4) is 0 Å². The van der Waals surface area contributed by atoms with E-state index >= 15 is 0 Å². The lowest BCUT2D eigenvalue weighted by molar-refractivity contribution is 0.0729. The van der Waals surface area contributed by atoms with Gasteiger partial charge in [-0.25, -0.2) is 4.52 Å². The third-order valence-corrected chi connectivity index (χ3v) is 9.01. The Labute approximate surface area is 255 Å². The second kappa shape index (κ2) is 10.8. The van der Waals surface area contributed by atoms with Crippen molar-refractivity contribution in [1.29, 1.82) is 0 Å². The van der Waals surface area contributed by atoms with Crippen LogP contribution in [0.4, 0.5) is 0 Å². The molecule has 7 rings (SSSR count). The molecule has 1 N–H and O–H groups in total. The first-order valence-corrected chi connectivity index (χ1v) is 14.9. The highest BCUT2D eigenvalue weighted by Crippen LogP contribution is 2.27. The van der Waals surface area contributed by atoms with Crippen LogP contribution in [0.15, 0.2) is 88.3 Å². The van der Waals surface area contributed by atoms with E-state index < -0.39 is 0 Å². The largest absolute Gasteiger partial charge is 0.332 e. The van der Waals surface area contributed by atoms with Crippen molar-refractivity contribution >= 4 is 27.5 Å². The second-order valence-electron chi connectivity index (χ2n) is 10.9. The fourth-order valence-electron chi connectivity index (χ4n) is 5.85. The molecule has 0 unspecified atom stereocenters. The number of nitrogens with zero attached hydrogens (tertiary/aromatic N) is 6. The average molecular weight is 635 g/mol. The van der Waals surface area contributed by atoms with Gasteiger partial charge in [-0.1, -0.05) is 58.4 Å². The molecule has 1 aliphatic rings. The van der Waals surface area contributed by atoms with Gasteiger partial charge in [-0.15, -0.1) is 0 Å². The molecule has 1 aliphatic heterocycles. The molecule has 0 saturated carbocycles. The minimum atomic E-state index is -0.0886. The molecule has 0 radical (unpaired) electrons. The van der Waals surface area contributed by atoms with Gasteiger partial charge in [0.25, 0.3) is 11.5 Å². The Kier molecular flexibility index (Phi) is 6.78. The molecule has 0 fully saturated rings. The number of aryl methyl sites for hydroxylation is 2. The van der Waals surface area contributed by atoms with Gasteiger partial charge >= 0.3 is 0 Å². The number of carbonyl (C=O) groups is 1. The Balaban J connectivity index is 1.35. The van der Waals surface area contributed by atoms with Crippen LogP contribution >= 0.6 is 15.9 Å². The standard InChI is InChI=1S/C33H28BrN7O2/c1-20-16-24(10-13-28(20)34)32(42)39-15-14-27-29(19-39)41-31(25(18-35-41)17-22-6-4-3-5-7-22)40(33(27)43)26-11-8-23(9-12-26)30-21(2)36-38-37-30/h3-13,16,18H,14-15,17,19H2,1-2H3,(H,36,37,38). The van der Waals surface area contributed by atoms with Gasteiger partial charge in [0.1, 0.15) is 11.3 Å². The summed E-state index contributed by atoms with van der Waals surface area (Å²) in [4.78, 5) is 29.7. The Morgan fingerprint density at radius 1 is 1.00 bits per heavy atom. The number of aromatic nitrogens is 6. The molecule has 3 aromatic carbocycles. The highest BCUT2D eigenvalue weighted by Gasteiger charge is 2.29. The highest BCUT2D eigenvalue weighted by molar-refractivity contribution is 9.10. The molecule has 9 nitrogen and oxygen atoms in total. The Morgan fingerprint density at radius 2 is 1.79 bits per heavy atom. The van der Waals surface area contributed by atoms with E-state index in [2.05, 4.69) is 43.5 Å². The molecule has 0 atom stereocenters. The molecule has 214 valence electrons. The monoisotopic (exact) mass is 633 g/mol. The quantitative estimate of drug-likeness (QED) is 0.272. The zero-order valence-corrected chi connectivity index (χ0v) is 25.3. The first-order chi connectivity index (χ1) is 20.9. The van der Waals surface area contributed by atoms with Gasteiger partial charge in [0.2, 0.25) is 0 Å². The number of hydrogen-bond donors (Lipinski definition) is 1. The first-order valence-electron chi connectivity index (χ1n) is 14.1. The van der Waals surface area contributed by atoms with Gasteiger partial charge in [-0.05, 0) is 61.7 Å². The third-order valence-electron chi connectivity index (χ3n) is 8.12. The predicted molar refractivity (Wildman–Crippen MR) is 167 cm³/mol. The van der Waals surface area contributed by atoms with E-state index in [9.17, 15) is 9.59 Å². The molecule has 0 saturated heterocycles. The summed E-state index contributed by atoms with van der Waals surface area (Å²) >= 11 is 3.52.